The molecule has 0 aliphatic heterocycles. The van der Waals surface area contributed by atoms with Crippen LogP contribution in [0, 0.1) is 5.92 Å². The van der Waals surface area contributed by atoms with Gasteiger partial charge in [0.15, 0.2) is 0 Å². The molecule has 0 saturated heterocycles. The van der Waals surface area contributed by atoms with Gasteiger partial charge in [0, 0.05) is 11.6 Å². The van der Waals surface area contributed by atoms with E-state index in [4.69, 9.17) is 4.74 Å². The summed E-state index contributed by atoms with van der Waals surface area (Å²) in [5, 5.41) is 6.32. The number of rotatable bonds is 5. The van der Waals surface area contributed by atoms with Crippen molar-refractivity contribution in [3.05, 3.63) is 16.6 Å². The molecule has 5 heteroatoms. The molecule has 1 aliphatic carbocycles. The van der Waals surface area contributed by atoms with E-state index in [-0.39, 0.29) is 17.6 Å². The van der Waals surface area contributed by atoms with Crippen LogP contribution in [-0.4, -0.2) is 24.1 Å². The third kappa shape index (κ3) is 2.84. The zero-order valence-corrected chi connectivity index (χ0v) is 11.2. The van der Waals surface area contributed by atoms with Crippen LogP contribution in [0.25, 0.3) is 0 Å². The van der Waals surface area contributed by atoms with Gasteiger partial charge in [0.25, 0.3) is 0 Å². The standard InChI is InChI=1S/C12H18N2O2S/c1-12(2,11-13-6-7-17-11)14-9(8-4-5-8)10(15)16-3/h6-9,14H,4-5H2,1-3H3. The topological polar surface area (TPSA) is 51.2 Å². The second-order valence-electron chi connectivity index (χ2n) is 4.94. The lowest BCUT2D eigenvalue weighted by Crippen LogP contribution is -2.49. The highest BCUT2D eigenvalue weighted by Gasteiger charge is 2.40. The minimum Gasteiger partial charge on any atom is -0.468 e. The first kappa shape index (κ1) is 12.5. The lowest BCUT2D eigenvalue weighted by Gasteiger charge is -2.29. The molecule has 1 aromatic rings. The zero-order valence-electron chi connectivity index (χ0n) is 10.4. The predicted octanol–water partition coefficient (Wildman–Crippen LogP) is 1.92. The molecule has 1 N–H and O–H groups in total. The summed E-state index contributed by atoms with van der Waals surface area (Å²) < 4.78 is 4.86. The van der Waals surface area contributed by atoms with Gasteiger partial charge in [-0.05, 0) is 32.6 Å². The van der Waals surface area contributed by atoms with E-state index in [2.05, 4.69) is 10.3 Å². The number of hydrogen-bond acceptors (Lipinski definition) is 5. The lowest BCUT2D eigenvalue weighted by molar-refractivity contribution is -0.144. The molecule has 94 valence electrons. The minimum atomic E-state index is -0.296. The van der Waals surface area contributed by atoms with E-state index in [1.807, 2.05) is 19.2 Å². The molecule has 1 unspecified atom stereocenters. The first-order valence-electron chi connectivity index (χ1n) is 5.80. The molecule has 1 saturated carbocycles. The van der Waals surface area contributed by atoms with E-state index in [0.29, 0.717) is 5.92 Å². The molecule has 0 spiro atoms. The van der Waals surface area contributed by atoms with Crippen LogP contribution >= 0.6 is 11.3 Å². The van der Waals surface area contributed by atoms with E-state index in [1.54, 1.807) is 17.5 Å². The summed E-state index contributed by atoms with van der Waals surface area (Å²) in [6.07, 6.45) is 3.98. The minimum absolute atomic E-state index is 0.169. The summed E-state index contributed by atoms with van der Waals surface area (Å²) in [5.41, 5.74) is -0.296. The summed E-state index contributed by atoms with van der Waals surface area (Å²) in [7, 11) is 1.44. The molecule has 4 nitrogen and oxygen atoms in total. The average Bonchev–Trinajstić information content (AvgIpc) is 2.98. The van der Waals surface area contributed by atoms with Crippen molar-refractivity contribution < 1.29 is 9.53 Å². The van der Waals surface area contributed by atoms with E-state index in [9.17, 15) is 4.79 Å². The van der Waals surface area contributed by atoms with Crippen molar-refractivity contribution >= 4 is 17.3 Å². The number of carbonyl (C=O) groups excluding carboxylic acids is 1. The Hall–Kier alpha value is -0.940. The van der Waals surface area contributed by atoms with Crippen LogP contribution in [0.2, 0.25) is 0 Å². The molecular formula is C12H18N2O2S. The van der Waals surface area contributed by atoms with Gasteiger partial charge in [0.2, 0.25) is 0 Å². The van der Waals surface area contributed by atoms with Crippen molar-refractivity contribution in [1.29, 1.82) is 0 Å². The first-order chi connectivity index (χ1) is 8.04. The maximum Gasteiger partial charge on any atom is 0.323 e. The number of methoxy groups -OCH3 is 1. The van der Waals surface area contributed by atoms with Gasteiger partial charge in [0.1, 0.15) is 11.0 Å². The van der Waals surface area contributed by atoms with Crippen molar-refractivity contribution in [2.45, 2.75) is 38.3 Å². The summed E-state index contributed by atoms with van der Waals surface area (Å²) in [4.78, 5) is 16.0. The van der Waals surface area contributed by atoms with Crippen LogP contribution in [0.4, 0.5) is 0 Å². The van der Waals surface area contributed by atoms with Crippen molar-refractivity contribution in [2.24, 2.45) is 5.92 Å². The molecule has 0 aromatic carbocycles. The number of aromatic nitrogens is 1. The lowest BCUT2D eigenvalue weighted by atomic mass is 10.0. The van der Waals surface area contributed by atoms with Gasteiger partial charge >= 0.3 is 5.97 Å². The zero-order chi connectivity index (χ0) is 12.5. The molecule has 0 amide bonds. The Morgan fingerprint density at radius 1 is 1.65 bits per heavy atom. The molecule has 1 atom stereocenters. The Balaban J connectivity index is 2.09. The number of thiazole rings is 1. The van der Waals surface area contributed by atoms with Crippen molar-refractivity contribution in [3.8, 4) is 0 Å². The van der Waals surface area contributed by atoms with Gasteiger partial charge in [-0.15, -0.1) is 11.3 Å². The molecule has 0 bridgehead atoms. The highest BCUT2D eigenvalue weighted by Crippen LogP contribution is 2.35. The maximum absolute atomic E-state index is 11.7. The van der Waals surface area contributed by atoms with Crippen LogP contribution in [-0.2, 0) is 15.1 Å². The predicted molar refractivity (Wildman–Crippen MR) is 66.8 cm³/mol. The summed E-state index contributed by atoms with van der Waals surface area (Å²) >= 11 is 1.60. The van der Waals surface area contributed by atoms with Crippen LogP contribution in [0.3, 0.4) is 0 Å². The Labute approximate surface area is 105 Å². The molecule has 1 heterocycles. The summed E-state index contributed by atoms with van der Waals surface area (Å²) in [6.45, 7) is 4.09. The van der Waals surface area contributed by atoms with Crippen molar-refractivity contribution in [3.63, 3.8) is 0 Å². The Bertz CT molecular complexity index is 385. The van der Waals surface area contributed by atoms with Gasteiger partial charge < -0.3 is 4.74 Å². The van der Waals surface area contributed by atoms with Crippen molar-refractivity contribution in [1.82, 2.24) is 10.3 Å². The number of nitrogens with one attached hydrogen (secondary N) is 1. The van der Waals surface area contributed by atoms with E-state index in [0.717, 1.165) is 17.8 Å². The second kappa shape index (κ2) is 4.74. The molecule has 1 aliphatic rings. The smallest absolute Gasteiger partial charge is 0.323 e. The van der Waals surface area contributed by atoms with Gasteiger partial charge in [0.05, 0.1) is 12.6 Å². The van der Waals surface area contributed by atoms with Crippen molar-refractivity contribution in [2.75, 3.05) is 7.11 Å². The number of nitrogens with zero attached hydrogens (tertiary/aromatic N) is 1. The largest absolute Gasteiger partial charge is 0.468 e. The molecule has 2 rings (SSSR count). The summed E-state index contributed by atoms with van der Waals surface area (Å²) in [5.74, 6) is 0.249. The molecule has 1 aromatic heterocycles. The normalized spacial score (nSPS) is 17.8. The van der Waals surface area contributed by atoms with Gasteiger partial charge in [-0.1, -0.05) is 0 Å². The fraction of sp³-hybridized carbons (Fsp3) is 0.667. The van der Waals surface area contributed by atoms with E-state index < -0.39 is 0 Å². The van der Waals surface area contributed by atoms with Crippen LogP contribution in [0.15, 0.2) is 11.6 Å². The second-order valence-corrected chi connectivity index (χ2v) is 5.84. The quantitative estimate of drug-likeness (QED) is 0.816. The maximum atomic E-state index is 11.7. The molecule has 17 heavy (non-hydrogen) atoms. The monoisotopic (exact) mass is 254 g/mol. The molecule has 0 radical (unpaired) electrons. The highest BCUT2D eigenvalue weighted by atomic mass is 32.1. The Morgan fingerprint density at radius 2 is 2.35 bits per heavy atom. The van der Waals surface area contributed by atoms with Crippen LogP contribution in [0.1, 0.15) is 31.7 Å². The van der Waals surface area contributed by atoms with Gasteiger partial charge in [-0.3, -0.25) is 10.1 Å². The average molecular weight is 254 g/mol. The highest BCUT2D eigenvalue weighted by molar-refractivity contribution is 7.09. The fourth-order valence-corrected chi connectivity index (χ4v) is 2.63. The van der Waals surface area contributed by atoms with E-state index in [1.165, 1.54) is 7.11 Å². The third-order valence-corrected chi connectivity index (χ3v) is 4.13. The third-order valence-electron chi connectivity index (χ3n) is 3.03. The summed E-state index contributed by atoms with van der Waals surface area (Å²) in [6, 6.07) is -0.209. The number of carbonyl (C=O) groups is 1. The number of hydrogen-bond donors (Lipinski definition) is 1. The van der Waals surface area contributed by atoms with Gasteiger partial charge in [-0.25, -0.2) is 4.98 Å². The number of esters is 1. The van der Waals surface area contributed by atoms with Gasteiger partial charge in [-0.2, -0.15) is 0 Å². The Morgan fingerprint density at radius 3 is 2.82 bits per heavy atom. The molecular weight excluding hydrogens is 236 g/mol. The number of ether oxygens (including phenoxy) is 1. The fourth-order valence-electron chi connectivity index (χ4n) is 1.91. The van der Waals surface area contributed by atoms with Crippen LogP contribution < -0.4 is 5.32 Å². The first-order valence-corrected chi connectivity index (χ1v) is 6.68. The van der Waals surface area contributed by atoms with E-state index >= 15 is 0 Å². The molecule has 1 fully saturated rings. The van der Waals surface area contributed by atoms with Crippen LogP contribution in [0.5, 0.6) is 0 Å². The SMILES string of the molecule is COC(=O)C(NC(C)(C)c1nccs1)C1CC1. The Kier molecular flexibility index (Phi) is 3.49.